The molecule has 0 saturated carbocycles. The van der Waals surface area contributed by atoms with Gasteiger partial charge in [-0.2, -0.15) is 21.3 Å². The number of aryl methyl sites for hydroxylation is 1. The van der Waals surface area contributed by atoms with Crippen molar-refractivity contribution in [3.05, 3.63) is 29.3 Å². The summed E-state index contributed by atoms with van der Waals surface area (Å²) in [6.45, 7) is 2.85. The van der Waals surface area contributed by atoms with Gasteiger partial charge in [-0.15, -0.1) is 0 Å². The number of hydrogen-bond acceptors (Lipinski definition) is 4. The Morgan fingerprint density at radius 3 is 2.61 bits per heavy atom. The molecular weight excluding hydrogens is 268 g/mol. The summed E-state index contributed by atoms with van der Waals surface area (Å²) in [4.78, 5) is 0.258. The first-order chi connectivity index (χ1) is 8.55. The lowest BCUT2D eigenvalue weighted by atomic mass is 10.2. The molecular formula is C12H14N2O2S2. The van der Waals surface area contributed by atoms with Gasteiger partial charge in [0.05, 0.1) is 16.5 Å². The highest BCUT2D eigenvalue weighted by atomic mass is 32.2. The molecule has 0 unspecified atom stereocenters. The molecule has 1 heterocycles. The van der Waals surface area contributed by atoms with E-state index < -0.39 is 10.0 Å². The zero-order valence-electron chi connectivity index (χ0n) is 10.1. The van der Waals surface area contributed by atoms with Crippen LogP contribution in [0.2, 0.25) is 0 Å². The molecule has 4 nitrogen and oxygen atoms in total. The molecule has 1 aliphatic heterocycles. The SMILES string of the molecule is Cc1ccc(C#N)cc1S(=O)(=O)N1CCSCC1. The van der Waals surface area contributed by atoms with Gasteiger partial charge in [0.25, 0.3) is 0 Å². The normalized spacial score (nSPS) is 17.3. The van der Waals surface area contributed by atoms with Crippen molar-refractivity contribution in [3.63, 3.8) is 0 Å². The third-order valence-corrected chi connectivity index (χ3v) is 5.89. The van der Waals surface area contributed by atoms with E-state index in [1.165, 1.54) is 10.4 Å². The summed E-state index contributed by atoms with van der Waals surface area (Å²) in [7, 11) is -3.46. The van der Waals surface area contributed by atoms with Crippen LogP contribution in [0.15, 0.2) is 23.1 Å². The van der Waals surface area contributed by atoms with Crippen molar-refractivity contribution in [2.45, 2.75) is 11.8 Å². The van der Waals surface area contributed by atoms with Crippen LogP contribution in [0.5, 0.6) is 0 Å². The molecule has 1 aliphatic rings. The van der Waals surface area contributed by atoms with Crippen molar-refractivity contribution in [2.24, 2.45) is 0 Å². The Morgan fingerprint density at radius 2 is 2.00 bits per heavy atom. The number of sulfonamides is 1. The van der Waals surface area contributed by atoms with Gasteiger partial charge in [0.2, 0.25) is 10.0 Å². The minimum atomic E-state index is -3.46. The van der Waals surface area contributed by atoms with Crippen LogP contribution < -0.4 is 0 Å². The van der Waals surface area contributed by atoms with Gasteiger partial charge >= 0.3 is 0 Å². The Bertz CT molecular complexity index is 585. The van der Waals surface area contributed by atoms with Gasteiger partial charge in [0.15, 0.2) is 0 Å². The van der Waals surface area contributed by atoms with Crippen LogP contribution in [0.1, 0.15) is 11.1 Å². The van der Waals surface area contributed by atoms with Crippen LogP contribution in [-0.4, -0.2) is 37.3 Å². The van der Waals surface area contributed by atoms with Crippen molar-refractivity contribution in [2.75, 3.05) is 24.6 Å². The molecule has 0 aromatic heterocycles. The van der Waals surface area contributed by atoms with Gasteiger partial charge in [-0.3, -0.25) is 0 Å². The number of hydrogen-bond donors (Lipinski definition) is 0. The van der Waals surface area contributed by atoms with Crippen LogP contribution in [0, 0.1) is 18.3 Å². The predicted molar refractivity (Wildman–Crippen MR) is 72.0 cm³/mol. The summed E-state index contributed by atoms with van der Waals surface area (Å²) >= 11 is 1.76. The van der Waals surface area contributed by atoms with E-state index in [2.05, 4.69) is 0 Å². The van der Waals surface area contributed by atoms with Gasteiger partial charge in [0, 0.05) is 24.6 Å². The Labute approximate surface area is 112 Å². The third-order valence-electron chi connectivity index (χ3n) is 2.91. The fourth-order valence-corrected chi connectivity index (χ4v) is 4.70. The summed E-state index contributed by atoms with van der Waals surface area (Å²) in [6, 6.07) is 6.77. The van der Waals surface area contributed by atoms with E-state index in [9.17, 15) is 8.42 Å². The van der Waals surface area contributed by atoms with Crippen LogP contribution in [0.3, 0.4) is 0 Å². The minimum absolute atomic E-state index is 0.258. The molecule has 96 valence electrons. The molecule has 0 atom stereocenters. The summed E-state index contributed by atoms with van der Waals surface area (Å²) in [6.07, 6.45) is 0. The smallest absolute Gasteiger partial charge is 0.207 e. The molecule has 18 heavy (non-hydrogen) atoms. The molecule has 1 aromatic carbocycles. The summed E-state index contributed by atoms with van der Waals surface area (Å²) in [5.41, 5.74) is 1.07. The fourth-order valence-electron chi connectivity index (χ4n) is 1.87. The second-order valence-electron chi connectivity index (χ2n) is 4.11. The second kappa shape index (κ2) is 5.31. The van der Waals surface area contributed by atoms with Crippen molar-refractivity contribution in [1.82, 2.24) is 4.31 Å². The average Bonchev–Trinajstić information content (AvgIpc) is 2.40. The average molecular weight is 282 g/mol. The maximum atomic E-state index is 12.5. The highest BCUT2D eigenvalue weighted by Crippen LogP contribution is 2.23. The lowest BCUT2D eigenvalue weighted by Gasteiger charge is -2.26. The first-order valence-electron chi connectivity index (χ1n) is 5.64. The molecule has 0 radical (unpaired) electrons. The molecule has 1 aromatic rings. The molecule has 2 rings (SSSR count). The van der Waals surface area contributed by atoms with E-state index in [1.807, 2.05) is 6.07 Å². The number of thioether (sulfide) groups is 1. The van der Waals surface area contributed by atoms with Crippen molar-refractivity contribution in [1.29, 1.82) is 5.26 Å². The van der Waals surface area contributed by atoms with Crippen LogP contribution in [-0.2, 0) is 10.0 Å². The van der Waals surface area contributed by atoms with Crippen molar-refractivity contribution < 1.29 is 8.42 Å². The topological polar surface area (TPSA) is 61.2 Å². The zero-order chi connectivity index (χ0) is 13.2. The van der Waals surface area contributed by atoms with E-state index in [-0.39, 0.29) is 4.90 Å². The van der Waals surface area contributed by atoms with E-state index >= 15 is 0 Å². The molecule has 0 aliphatic carbocycles. The monoisotopic (exact) mass is 282 g/mol. The Kier molecular flexibility index (Phi) is 3.95. The predicted octanol–water partition coefficient (Wildman–Crippen LogP) is 1.60. The Balaban J connectivity index is 2.43. The Morgan fingerprint density at radius 1 is 1.33 bits per heavy atom. The van der Waals surface area contributed by atoms with Gasteiger partial charge in [-0.05, 0) is 24.6 Å². The van der Waals surface area contributed by atoms with Crippen LogP contribution in [0.4, 0.5) is 0 Å². The fraction of sp³-hybridized carbons (Fsp3) is 0.417. The van der Waals surface area contributed by atoms with Crippen molar-refractivity contribution >= 4 is 21.8 Å². The maximum absolute atomic E-state index is 12.5. The van der Waals surface area contributed by atoms with Gasteiger partial charge in [-0.1, -0.05) is 6.07 Å². The summed E-state index contributed by atoms with van der Waals surface area (Å²) < 4.78 is 26.5. The van der Waals surface area contributed by atoms with E-state index in [0.29, 0.717) is 24.2 Å². The lowest BCUT2D eigenvalue weighted by Crippen LogP contribution is -2.38. The summed E-state index contributed by atoms with van der Waals surface area (Å²) in [5, 5.41) is 8.87. The lowest BCUT2D eigenvalue weighted by molar-refractivity contribution is 0.443. The zero-order valence-corrected chi connectivity index (χ0v) is 11.7. The maximum Gasteiger partial charge on any atom is 0.243 e. The van der Waals surface area contributed by atoms with Crippen LogP contribution in [0.25, 0.3) is 0 Å². The largest absolute Gasteiger partial charge is 0.243 e. The molecule has 1 fully saturated rings. The van der Waals surface area contributed by atoms with E-state index in [4.69, 9.17) is 5.26 Å². The highest BCUT2D eigenvalue weighted by molar-refractivity contribution is 7.99. The number of rotatable bonds is 2. The molecule has 0 amide bonds. The molecule has 0 bridgehead atoms. The minimum Gasteiger partial charge on any atom is -0.207 e. The van der Waals surface area contributed by atoms with Gasteiger partial charge in [-0.25, -0.2) is 8.42 Å². The second-order valence-corrected chi connectivity index (χ2v) is 7.24. The molecule has 0 spiro atoms. The third kappa shape index (κ3) is 2.53. The van der Waals surface area contributed by atoms with Crippen molar-refractivity contribution in [3.8, 4) is 6.07 Å². The Hall–Kier alpha value is -1.03. The highest BCUT2D eigenvalue weighted by Gasteiger charge is 2.27. The molecule has 0 N–H and O–H groups in total. The van der Waals surface area contributed by atoms with E-state index in [1.54, 1.807) is 30.8 Å². The standard InChI is InChI=1S/C12H14N2O2S2/c1-10-2-3-11(9-13)8-12(10)18(15,16)14-4-6-17-7-5-14/h2-3,8H,4-7H2,1H3. The van der Waals surface area contributed by atoms with Crippen LogP contribution >= 0.6 is 11.8 Å². The number of nitriles is 1. The molecule has 1 saturated heterocycles. The first kappa shape index (κ1) is 13.4. The summed E-state index contributed by atoms with van der Waals surface area (Å²) in [5.74, 6) is 1.66. The quantitative estimate of drug-likeness (QED) is 0.826. The number of nitrogens with zero attached hydrogens (tertiary/aromatic N) is 2. The van der Waals surface area contributed by atoms with Gasteiger partial charge in [0.1, 0.15) is 0 Å². The first-order valence-corrected chi connectivity index (χ1v) is 8.24. The van der Waals surface area contributed by atoms with E-state index in [0.717, 1.165) is 11.5 Å². The number of benzene rings is 1. The van der Waals surface area contributed by atoms with Gasteiger partial charge < -0.3 is 0 Å². The molecule has 6 heteroatoms.